The average molecular weight is 390 g/mol. The van der Waals surface area contributed by atoms with E-state index in [1.807, 2.05) is 6.26 Å². The number of amides is 1. The van der Waals surface area contributed by atoms with Gasteiger partial charge >= 0.3 is 0 Å². The van der Waals surface area contributed by atoms with E-state index in [4.69, 9.17) is 0 Å². The zero-order valence-electron chi connectivity index (χ0n) is 14.0. The summed E-state index contributed by atoms with van der Waals surface area (Å²) in [6.07, 6.45) is 5.59. The highest BCUT2D eigenvalue weighted by molar-refractivity contribution is 7.98. The summed E-state index contributed by atoms with van der Waals surface area (Å²) >= 11 is 1.60. The number of aliphatic imine (C=N–C) groups is 1. The third-order valence-corrected chi connectivity index (χ3v) is 5.82. The van der Waals surface area contributed by atoms with Crippen LogP contribution in [0.4, 0.5) is 5.69 Å². The fraction of sp³-hybridized carbons (Fsp3) is 0.235. The minimum Gasteiger partial charge on any atom is -0.323 e. The van der Waals surface area contributed by atoms with Gasteiger partial charge < -0.3 is 5.32 Å². The lowest BCUT2D eigenvalue weighted by Crippen LogP contribution is -2.31. The van der Waals surface area contributed by atoms with Crippen LogP contribution in [0.1, 0.15) is 12.0 Å². The van der Waals surface area contributed by atoms with Crippen molar-refractivity contribution in [3.63, 3.8) is 0 Å². The first-order valence-electron chi connectivity index (χ1n) is 7.91. The number of nitrogens with zero attached hydrogens (tertiary/aromatic N) is 2. The summed E-state index contributed by atoms with van der Waals surface area (Å²) < 4.78 is 26.9. The van der Waals surface area contributed by atoms with Crippen molar-refractivity contribution in [1.29, 1.82) is 0 Å². The molecule has 1 aliphatic heterocycles. The molecule has 0 fully saturated rings. The molecular formula is C17H18N4O3S2. The zero-order valence-corrected chi connectivity index (χ0v) is 15.7. The number of carbonyl (C=O) groups is 1. The number of fused-ring (bicyclic) bond motifs is 1. The molecule has 1 aliphatic rings. The molecule has 1 aromatic carbocycles. The Kier molecular flexibility index (Phi) is 5.58. The summed E-state index contributed by atoms with van der Waals surface area (Å²) in [5, 5.41) is 2.77. The van der Waals surface area contributed by atoms with Crippen LogP contribution >= 0.6 is 11.8 Å². The number of rotatable bonds is 6. The average Bonchev–Trinajstić information content (AvgIpc) is 2.90. The van der Waals surface area contributed by atoms with Gasteiger partial charge in [-0.15, -0.1) is 0 Å². The van der Waals surface area contributed by atoms with Gasteiger partial charge in [0.2, 0.25) is 5.91 Å². The molecule has 0 saturated heterocycles. The Hall–Kier alpha value is -2.39. The summed E-state index contributed by atoms with van der Waals surface area (Å²) in [4.78, 5) is 21.2. The van der Waals surface area contributed by atoms with Crippen molar-refractivity contribution >= 4 is 39.2 Å². The second kappa shape index (κ2) is 7.88. The quantitative estimate of drug-likeness (QED) is 0.784. The van der Waals surface area contributed by atoms with Crippen LogP contribution in [-0.2, 0) is 14.8 Å². The number of hydrogen-bond acceptors (Lipinski definition) is 6. The van der Waals surface area contributed by atoms with E-state index in [2.05, 4.69) is 20.0 Å². The van der Waals surface area contributed by atoms with E-state index >= 15 is 0 Å². The Morgan fingerprint density at radius 3 is 2.85 bits per heavy atom. The highest BCUT2D eigenvalue weighted by Crippen LogP contribution is 2.23. The van der Waals surface area contributed by atoms with E-state index in [9.17, 15) is 13.2 Å². The maximum Gasteiger partial charge on any atom is 0.263 e. The molecule has 1 unspecified atom stereocenters. The lowest BCUT2D eigenvalue weighted by Gasteiger charge is -2.13. The molecule has 26 heavy (non-hydrogen) atoms. The smallest absolute Gasteiger partial charge is 0.263 e. The van der Waals surface area contributed by atoms with Gasteiger partial charge in [0.1, 0.15) is 11.9 Å². The molecule has 2 heterocycles. The molecule has 2 N–H and O–H groups in total. The third kappa shape index (κ3) is 4.05. The number of nitrogens with one attached hydrogen (secondary N) is 2. The van der Waals surface area contributed by atoms with E-state index in [-0.39, 0.29) is 16.6 Å². The van der Waals surface area contributed by atoms with Crippen LogP contribution in [0.25, 0.3) is 0 Å². The minimum absolute atomic E-state index is 0.176. The van der Waals surface area contributed by atoms with Gasteiger partial charge in [-0.3, -0.25) is 19.5 Å². The second-order valence-electron chi connectivity index (χ2n) is 5.61. The number of amidine groups is 1. The highest BCUT2D eigenvalue weighted by Gasteiger charge is 2.31. The first-order valence-corrected chi connectivity index (χ1v) is 10.8. The molecule has 3 rings (SSSR count). The van der Waals surface area contributed by atoms with Gasteiger partial charge in [-0.2, -0.15) is 11.8 Å². The Balaban J connectivity index is 1.89. The van der Waals surface area contributed by atoms with E-state index < -0.39 is 16.1 Å². The zero-order chi connectivity index (χ0) is 18.6. The van der Waals surface area contributed by atoms with Crippen LogP contribution in [-0.4, -0.2) is 43.2 Å². The van der Waals surface area contributed by atoms with Crippen molar-refractivity contribution in [2.45, 2.75) is 17.4 Å². The molecular weight excluding hydrogens is 372 g/mol. The van der Waals surface area contributed by atoms with Gasteiger partial charge in [0, 0.05) is 11.8 Å². The number of anilines is 1. The summed E-state index contributed by atoms with van der Waals surface area (Å²) in [6, 6.07) is 9.33. The topological polar surface area (TPSA) is 101 Å². The molecule has 1 amide bonds. The number of pyridine rings is 1. The fourth-order valence-electron chi connectivity index (χ4n) is 2.53. The van der Waals surface area contributed by atoms with Crippen LogP contribution in [0.3, 0.4) is 0 Å². The number of sulfonamides is 1. The Labute approximate surface area is 156 Å². The summed E-state index contributed by atoms with van der Waals surface area (Å²) in [7, 11) is -3.63. The lowest BCUT2D eigenvalue weighted by molar-refractivity contribution is -0.117. The van der Waals surface area contributed by atoms with Gasteiger partial charge in [-0.25, -0.2) is 8.42 Å². The number of aromatic nitrogens is 1. The van der Waals surface area contributed by atoms with Crippen LogP contribution in [0, 0.1) is 0 Å². The minimum atomic E-state index is -3.63. The number of thioether (sulfide) groups is 1. The van der Waals surface area contributed by atoms with E-state index in [0.717, 1.165) is 5.75 Å². The van der Waals surface area contributed by atoms with Gasteiger partial charge in [-0.1, -0.05) is 12.1 Å². The molecule has 0 bridgehead atoms. The van der Waals surface area contributed by atoms with Gasteiger partial charge in [0.05, 0.1) is 16.8 Å². The van der Waals surface area contributed by atoms with Crippen LogP contribution in [0.2, 0.25) is 0 Å². The van der Waals surface area contributed by atoms with Crippen molar-refractivity contribution in [3.05, 3.63) is 54.4 Å². The molecule has 1 atom stereocenters. The molecule has 0 aliphatic carbocycles. The number of carbonyl (C=O) groups excluding carboxylic acids is 1. The molecule has 0 radical (unpaired) electrons. The van der Waals surface area contributed by atoms with Crippen molar-refractivity contribution in [1.82, 2.24) is 9.71 Å². The maximum atomic E-state index is 12.6. The van der Waals surface area contributed by atoms with Crippen LogP contribution in [0.15, 0.2) is 58.7 Å². The van der Waals surface area contributed by atoms with Crippen molar-refractivity contribution in [2.24, 2.45) is 4.99 Å². The first kappa shape index (κ1) is 18.4. The second-order valence-corrected chi connectivity index (χ2v) is 8.24. The summed E-state index contributed by atoms with van der Waals surface area (Å²) in [5.74, 6) is 0.618. The summed E-state index contributed by atoms with van der Waals surface area (Å²) in [5.41, 5.74) is 1.05. The molecule has 0 spiro atoms. The standard InChI is InChI=1S/C17H18N4O3S2/c1-25-10-8-14(17(22)19-12-5-4-9-18-11-12)20-16-13-6-2-3-7-15(13)26(23,24)21-16/h2-7,9,11,14H,8,10H2,1H3,(H,19,22)(H,20,21). The number of benzene rings is 1. The SMILES string of the molecule is CSCCC(N=C1NS(=O)(=O)c2ccccc21)C(=O)Nc1cccnc1. The molecule has 0 saturated carbocycles. The van der Waals surface area contributed by atoms with E-state index in [0.29, 0.717) is 17.7 Å². The Bertz CT molecular complexity index is 930. The Morgan fingerprint density at radius 1 is 1.31 bits per heavy atom. The molecule has 7 nitrogen and oxygen atoms in total. The monoisotopic (exact) mass is 390 g/mol. The highest BCUT2D eigenvalue weighted by atomic mass is 32.2. The molecule has 9 heteroatoms. The predicted molar refractivity (Wildman–Crippen MR) is 103 cm³/mol. The third-order valence-electron chi connectivity index (χ3n) is 3.77. The van der Waals surface area contributed by atoms with Crippen molar-refractivity contribution < 1.29 is 13.2 Å². The molecule has 136 valence electrons. The Morgan fingerprint density at radius 2 is 2.12 bits per heavy atom. The van der Waals surface area contributed by atoms with Crippen molar-refractivity contribution in [3.8, 4) is 0 Å². The molecule has 2 aromatic rings. The van der Waals surface area contributed by atoms with Crippen molar-refractivity contribution in [2.75, 3.05) is 17.3 Å². The number of hydrogen-bond donors (Lipinski definition) is 2. The van der Waals surface area contributed by atoms with E-state index in [1.165, 1.54) is 6.07 Å². The molecule has 1 aromatic heterocycles. The normalized spacial score (nSPS) is 17.3. The first-order chi connectivity index (χ1) is 12.5. The van der Waals surface area contributed by atoms with Crippen LogP contribution < -0.4 is 10.0 Å². The summed E-state index contributed by atoms with van der Waals surface area (Å²) in [6.45, 7) is 0. The van der Waals surface area contributed by atoms with Gasteiger partial charge in [-0.05, 0) is 42.7 Å². The van der Waals surface area contributed by atoms with Gasteiger partial charge in [0.25, 0.3) is 10.0 Å². The van der Waals surface area contributed by atoms with E-state index in [1.54, 1.807) is 54.5 Å². The van der Waals surface area contributed by atoms with Crippen LogP contribution in [0.5, 0.6) is 0 Å². The maximum absolute atomic E-state index is 12.6. The van der Waals surface area contributed by atoms with Gasteiger partial charge in [0.15, 0.2) is 0 Å². The lowest BCUT2D eigenvalue weighted by atomic mass is 10.1. The predicted octanol–water partition coefficient (Wildman–Crippen LogP) is 1.88. The largest absolute Gasteiger partial charge is 0.323 e. The fourth-order valence-corrected chi connectivity index (χ4v) is 4.23.